The fourth-order valence-corrected chi connectivity index (χ4v) is 3.85. The normalized spacial score (nSPS) is 27.5. The van der Waals surface area contributed by atoms with Crippen molar-refractivity contribution in [3.63, 3.8) is 0 Å². The molecule has 3 amide bonds. The summed E-state index contributed by atoms with van der Waals surface area (Å²) in [6.45, 7) is 7.18. The highest BCUT2D eigenvalue weighted by atomic mass is 16.5. The first-order chi connectivity index (χ1) is 11.4. The van der Waals surface area contributed by atoms with Gasteiger partial charge in [-0.3, -0.25) is 15.0 Å². The summed E-state index contributed by atoms with van der Waals surface area (Å²) in [6, 6.07) is -0.156. The van der Waals surface area contributed by atoms with Crippen molar-refractivity contribution in [1.82, 2.24) is 15.5 Å². The summed E-state index contributed by atoms with van der Waals surface area (Å²) in [5.41, 5.74) is 0.205. The van der Waals surface area contributed by atoms with Gasteiger partial charge in [-0.2, -0.15) is 0 Å². The molecule has 0 radical (unpaired) electrons. The predicted molar refractivity (Wildman–Crippen MR) is 93.8 cm³/mol. The van der Waals surface area contributed by atoms with E-state index in [1.165, 1.54) is 6.42 Å². The van der Waals surface area contributed by atoms with E-state index < -0.39 is 0 Å². The van der Waals surface area contributed by atoms with Crippen molar-refractivity contribution in [2.45, 2.75) is 58.4 Å². The van der Waals surface area contributed by atoms with Crippen LogP contribution in [0.3, 0.4) is 0 Å². The Kier molecular flexibility index (Phi) is 7.04. The number of imide groups is 1. The van der Waals surface area contributed by atoms with Crippen LogP contribution in [0.15, 0.2) is 0 Å². The third-order valence-corrected chi connectivity index (χ3v) is 5.60. The first-order valence-corrected chi connectivity index (χ1v) is 9.23. The molecule has 1 heterocycles. The number of methoxy groups -OCH3 is 1. The second kappa shape index (κ2) is 8.81. The van der Waals surface area contributed by atoms with E-state index >= 15 is 0 Å². The zero-order valence-electron chi connectivity index (χ0n) is 15.4. The number of rotatable bonds is 5. The van der Waals surface area contributed by atoms with Crippen LogP contribution < -0.4 is 10.6 Å². The highest BCUT2D eigenvalue weighted by Gasteiger charge is 2.31. The van der Waals surface area contributed by atoms with Gasteiger partial charge < -0.3 is 10.1 Å². The molecule has 2 fully saturated rings. The number of hydrogen-bond donors (Lipinski definition) is 2. The standard InChI is InChI=1S/C18H33N3O3/c1-14-6-4-5-7-15(14)19-17(23)20-16(22)12-21-10-8-18(2,9-11-21)13-24-3/h14-15H,4-13H2,1-3H3,(H2,19,20,22,23). The van der Waals surface area contributed by atoms with Crippen LogP contribution >= 0.6 is 0 Å². The van der Waals surface area contributed by atoms with Gasteiger partial charge in [0.2, 0.25) is 5.91 Å². The molecule has 0 spiro atoms. The number of nitrogens with one attached hydrogen (secondary N) is 2. The van der Waals surface area contributed by atoms with Crippen molar-refractivity contribution in [3.8, 4) is 0 Å². The molecule has 2 atom stereocenters. The van der Waals surface area contributed by atoms with E-state index in [0.717, 1.165) is 51.8 Å². The first kappa shape index (κ1) is 19.2. The van der Waals surface area contributed by atoms with Crippen molar-refractivity contribution in [2.24, 2.45) is 11.3 Å². The van der Waals surface area contributed by atoms with Gasteiger partial charge in [0.1, 0.15) is 0 Å². The lowest BCUT2D eigenvalue weighted by atomic mass is 9.81. The third-order valence-electron chi connectivity index (χ3n) is 5.60. The Bertz CT molecular complexity index is 433. The van der Waals surface area contributed by atoms with Gasteiger partial charge in [0.25, 0.3) is 0 Å². The van der Waals surface area contributed by atoms with Gasteiger partial charge in [-0.05, 0) is 50.1 Å². The summed E-state index contributed by atoms with van der Waals surface area (Å²) in [6.07, 6.45) is 6.56. The number of urea groups is 1. The van der Waals surface area contributed by atoms with Crippen LogP contribution in [0.25, 0.3) is 0 Å². The Balaban J connectivity index is 1.68. The number of carbonyl (C=O) groups excluding carboxylic acids is 2. The lowest BCUT2D eigenvalue weighted by molar-refractivity contribution is -0.121. The largest absolute Gasteiger partial charge is 0.384 e. The van der Waals surface area contributed by atoms with E-state index in [1.54, 1.807) is 7.11 Å². The quantitative estimate of drug-likeness (QED) is 0.805. The monoisotopic (exact) mass is 339 g/mol. The highest BCUT2D eigenvalue weighted by Crippen LogP contribution is 2.30. The summed E-state index contributed by atoms with van der Waals surface area (Å²) in [7, 11) is 1.73. The van der Waals surface area contributed by atoms with Crippen LogP contribution in [0.2, 0.25) is 0 Å². The maximum Gasteiger partial charge on any atom is 0.321 e. The first-order valence-electron chi connectivity index (χ1n) is 9.23. The molecule has 1 aliphatic heterocycles. The molecule has 1 saturated heterocycles. The Labute approximate surface area is 145 Å². The number of carbonyl (C=O) groups is 2. The molecule has 24 heavy (non-hydrogen) atoms. The van der Waals surface area contributed by atoms with Gasteiger partial charge in [0.05, 0.1) is 13.2 Å². The van der Waals surface area contributed by atoms with Crippen molar-refractivity contribution >= 4 is 11.9 Å². The van der Waals surface area contributed by atoms with Crippen molar-refractivity contribution in [1.29, 1.82) is 0 Å². The van der Waals surface area contributed by atoms with Gasteiger partial charge in [0, 0.05) is 13.2 Å². The van der Waals surface area contributed by atoms with Crippen LogP contribution in [-0.4, -0.2) is 56.2 Å². The molecular formula is C18H33N3O3. The number of nitrogens with zero attached hydrogens (tertiary/aromatic N) is 1. The molecule has 2 rings (SSSR count). The summed E-state index contributed by atoms with van der Waals surface area (Å²) in [5.74, 6) is 0.270. The van der Waals surface area contributed by atoms with Gasteiger partial charge in [-0.25, -0.2) is 4.79 Å². The van der Waals surface area contributed by atoms with Gasteiger partial charge in [-0.1, -0.05) is 26.7 Å². The van der Waals surface area contributed by atoms with Crippen molar-refractivity contribution < 1.29 is 14.3 Å². The molecule has 0 aromatic carbocycles. The van der Waals surface area contributed by atoms with Crippen LogP contribution in [0.4, 0.5) is 4.79 Å². The summed E-state index contributed by atoms with van der Waals surface area (Å²) >= 11 is 0. The van der Waals surface area contributed by atoms with Gasteiger partial charge >= 0.3 is 6.03 Å². The second-order valence-electron chi connectivity index (χ2n) is 7.91. The zero-order chi connectivity index (χ0) is 17.6. The Hall–Kier alpha value is -1.14. The zero-order valence-corrected chi connectivity index (χ0v) is 15.4. The molecule has 2 aliphatic rings. The molecule has 0 bridgehead atoms. The third kappa shape index (κ3) is 5.74. The summed E-state index contributed by atoms with van der Waals surface area (Å²) < 4.78 is 5.28. The fourth-order valence-electron chi connectivity index (χ4n) is 3.85. The highest BCUT2D eigenvalue weighted by molar-refractivity contribution is 5.95. The number of hydrogen-bond acceptors (Lipinski definition) is 4. The lowest BCUT2D eigenvalue weighted by Crippen LogP contribution is -2.51. The molecule has 1 saturated carbocycles. The molecule has 0 aromatic heterocycles. The van der Waals surface area contributed by atoms with Crippen LogP contribution in [0, 0.1) is 11.3 Å². The molecule has 2 unspecified atom stereocenters. The SMILES string of the molecule is COCC1(C)CCN(CC(=O)NC(=O)NC2CCCCC2C)CC1. The van der Waals surface area contributed by atoms with E-state index in [2.05, 4.69) is 29.4 Å². The Morgan fingerprint density at radius 1 is 1.21 bits per heavy atom. The van der Waals surface area contributed by atoms with E-state index in [9.17, 15) is 9.59 Å². The van der Waals surface area contributed by atoms with Gasteiger partial charge in [-0.15, -0.1) is 0 Å². The van der Waals surface area contributed by atoms with E-state index in [4.69, 9.17) is 4.74 Å². The Morgan fingerprint density at radius 2 is 1.88 bits per heavy atom. The molecular weight excluding hydrogens is 306 g/mol. The maximum absolute atomic E-state index is 12.1. The van der Waals surface area contributed by atoms with E-state index in [1.807, 2.05) is 0 Å². The molecule has 0 aromatic rings. The average molecular weight is 339 g/mol. The van der Waals surface area contributed by atoms with E-state index in [-0.39, 0.29) is 29.9 Å². The van der Waals surface area contributed by atoms with Crippen molar-refractivity contribution in [2.75, 3.05) is 33.4 Å². The Morgan fingerprint density at radius 3 is 2.50 bits per heavy atom. The average Bonchev–Trinajstić information content (AvgIpc) is 2.52. The lowest BCUT2D eigenvalue weighted by Gasteiger charge is -2.38. The smallest absolute Gasteiger partial charge is 0.321 e. The molecule has 6 nitrogen and oxygen atoms in total. The molecule has 138 valence electrons. The predicted octanol–water partition coefficient (Wildman–Crippen LogP) is 2.14. The minimum atomic E-state index is -0.347. The fraction of sp³-hybridized carbons (Fsp3) is 0.889. The molecule has 1 aliphatic carbocycles. The topological polar surface area (TPSA) is 70.7 Å². The molecule has 6 heteroatoms. The van der Waals surface area contributed by atoms with E-state index in [0.29, 0.717) is 5.92 Å². The van der Waals surface area contributed by atoms with Gasteiger partial charge in [0.15, 0.2) is 0 Å². The van der Waals surface area contributed by atoms with Crippen LogP contribution in [0.5, 0.6) is 0 Å². The van der Waals surface area contributed by atoms with Crippen molar-refractivity contribution in [3.05, 3.63) is 0 Å². The maximum atomic E-state index is 12.1. The number of piperidine rings is 1. The van der Waals surface area contributed by atoms with Crippen LogP contribution in [-0.2, 0) is 9.53 Å². The van der Waals surface area contributed by atoms with Crippen LogP contribution in [0.1, 0.15) is 52.4 Å². The minimum Gasteiger partial charge on any atom is -0.384 e. The molecule has 2 N–H and O–H groups in total. The number of likely N-dealkylation sites (tertiary alicyclic amines) is 1. The summed E-state index contributed by atoms with van der Waals surface area (Å²) in [5, 5.41) is 5.45. The summed E-state index contributed by atoms with van der Waals surface area (Å²) in [4.78, 5) is 26.2. The number of ether oxygens (including phenoxy) is 1. The minimum absolute atomic E-state index is 0.191. The second-order valence-corrected chi connectivity index (χ2v) is 7.91. The number of amides is 3.